The van der Waals surface area contributed by atoms with Gasteiger partial charge in [-0.05, 0) is 25.0 Å². The maximum Gasteiger partial charge on any atom is 0.136 e. The number of anilines is 1. The van der Waals surface area contributed by atoms with Gasteiger partial charge < -0.3 is 10.1 Å². The number of ether oxygens (including phenoxy) is 1. The van der Waals surface area contributed by atoms with Gasteiger partial charge in [-0.2, -0.15) is 0 Å². The molecule has 1 heterocycles. The van der Waals surface area contributed by atoms with Gasteiger partial charge in [0.05, 0.1) is 0 Å². The lowest BCUT2D eigenvalue weighted by Crippen LogP contribution is -2.01. The van der Waals surface area contributed by atoms with Crippen molar-refractivity contribution in [3.8, 4) is 5.75 Å². The van der Waals surface area contributed by atoms with Crippen LogP contribution in [0.3, 0.4) is 0 Å². The summed E-state index contributed by atoms with van der Waals surface area (Å²) in [5.41, 5.74) is 3.12. The van der Waals surface area contributed by atoms with Crippen molar-refractivity contribution in [2.24, 2.45) is 0 Å². The summed E-state index contributed by atoms with van der Waals surface area (Å²) in [7, 11) is 1.86. The Morgan fingerprint density at radius 1 is 1.29 bits per heavy atom. The lowest BCUT2D eigenvalue weighted by atomic mass is 10.1. The molecule has 5 heteroatoms. The third-order valence-electron chi connectivity index (χ3n) is 2.54. The number of rotatable bonds is 4. The van der Waals surface area contributed by atoms with Crippen LogP contribution >= 0.6 is 11.5 Å². The van der Waals surface area contributed by atoms with Gasteiger partial charge in [-0.25, -0.2) is 0 Å². The van der Waals surface area contributed by atoms with Crippen LogP contribution in [0.5, 0.6) is 5.75 Å². The van der Waals surface area contributed by atoms with E-state index in [-0.39, 0.29) is 0 Å². The number of hydrogen-bond donors (Lipinski definition) is 1. The minimum atomic E-state index is 0.443. The van der Waals surface area contributed by atoms with Crippen LogP contribution in [-0.2, 0) is 6.61 Å². The summed E-state index contributed by atoms with van der Waals surface area (Å²) >= 11 is 1.34. The Morgan fingerprint density at radius 3 is 2.65 bits per heavy atom. The number of aromatic nitrogens is 2. The monoisotopic (exact) mass is 249 g/mol. The Labute approximate surface area is 105 Å². The molecule has 0 atom stereocenters. The molecular weight excluding hydrogens is 234 g/mol. The lowest BCUT2D eigenvalue weighted by molar-refractivity contribution is 0.297. The third kappa shape index (κ3) is 2.55. The van der Waals surface area contributed by atoms with Crippen molar-refractivity contribution >= 4 is 16.5 Å². The SMILES string of the molecule is CNc1snnc1COc1c(C)cccc1C. The van der Waals surface area contributed by atoms with Crippen molar-refractivity contribution < 1.29 is 4.74 Å². The highest BCUT2D eigenvalue weighted by Gasteiger charge is 2.09. The van der Waals surface area contributed by atoms with Crippen LogP contribution in [0.15, 0.2) is 18.2 Å². The molecule has 0 aliphatic heterocycles. The van der Waals surface area contributed by atoms with Gasteiger partial charge in [0.15, 0.2) is 0 Å². The highest BCUT2D eigenvalue weighted by atomic mass is 32.1. The second-order valence-electron chi connectivity index (χ2n) is 3.81. The Morgan fingerprint density at radius 2 is 2.00 bits per heavy atom. The fraction of sp³-hybridized carbons (Fsp3) is 0.333. The van der Waals surface area contributed by atoms with Gasteiger partial charge in [-0.3, -0.25) is 0 Å². The van der Waals surface area contributed by atoms with Crippen molar-refractivity contribution in [3.05, 3.63) is 35.0 Å². The Balaban J connectivity index is 2.13. The Bertz CT molecular complexity index is 490. The van der Waals surface area contributed by atoms with Crippen LogP contribution in [0.2, 0.25) is 0 Å². The molecule has 0 amide bonds. The molecule has 0 fully saturated rings. The largest absolute Gasteiger partial charge is 0.487 e. The van der Waals surface area contributed by atoms with E-state index in [1.165, 1.54) is 11.5 Å². The predicted octanol–water partition coefficient (Wildman–Crippen LogP) is 2.78. The fourth-order valence-electron chi connectivity index (χ4n) is 1.66. The molecule has 0 radical (unpaired) electrons. The number of nitrogens with zero attached hydrogens (tertiary/aromatic N) is 2. The standard InChI is InChI=1S/C12H15N3OS/c1-8-5-4-6-9(2)11(8)16-7-10-12(13-3)17-15-14-10/h4-6,13H,7H2,1-3H3. The number of aryl methyl sites for hydroxylation is 2. The van der Waals surface area contributed by atoms with Crippen molar-refractivity contribution in [2.75, 3.05) is 12.4 Å². The summed E-state index contributed by atoms with van der Waals surface area (Å²) in [5.74, 6) is 0.933. The van der Waals surface area contributed by atoms with Crippen LogP contribution in [0.25, 0.3) is 0 Å². The van der Waals surface area contributed by atoms with Gasteiger partial charge >= 0.3 is 0 Å². The molecule has 0 saturated carbocycles. The topological polar surface area (TPSA) is 47.0 Å². The van der Waals surface area contributed by atoms with Crippen LogP contribution in [0, 0.1) is 13.8 Å². The van der Waals surface area contributed by atoms with E-state index >= 15 is 0 Å². The van der Waals surface area contributed by atoms with Crippen molar-refractivity contribution in [1.29, 1.82) is 0 Å². The Hall–Kier alpha value is -1.62. The maximum atomic E-state index is 5.82. The summed E-state index contributed by atoms with van der Waals surface area (Å²) in [6.45, 7) is 4.53. The average molecular weight is 249 g/mol. The molecule has 1 N–H and O–H groups in total. The molecule has 1 aromatic carbocycles. The molecule has 2 rings (SSSR count). The first-order valence-electron chi connectivity index (χ1n) is 5.40. The lowest BCUT2D eigenvalue weighted by Gasteiger charge is -2.11. The van der Waals surface area contributed by atoms with Crippen molar-refractivity contribution in [3.63, 3.8) is 0 Å². The van der Waals surface area contributed by atoms with Gasteiger partial charge in [0.25, 0.3) is 0 Å². The highest BCUT2D eigenvalue weighted by Crippen LogP contribution is 2.25. The van der Waals surface area contributed by atoms with Gasteiger partial charge in [0.1, 0.15) is 23.1 Å². The molecule has 1 aromatic heterocycles. The van der Waals surface area contributed by atoms with E-state index in [0.717, 1.165) is 27.6 Å². The molecule has 0 aliphatic carbocycles. The molecule has 17 heavy (non-hydrogen) atoms. The van der Waals surface area contributed by atoms with Crippen LogP contribution in [0.1, 0.15) is 16.8 Å². The normalized spacial score (nSPS) is 10.3. The molecule has 0 bridgehead atoms. The van der Waals surface area contributed by atoms with E-state index in [1.807, 2.05) is 39.1 Å². The first-order chi connectivity index (χ1) is 8.22. The summed E-state index contributed by atoms with van der Waals surface area (Å²) in [4.78, 5) is 0. The number of benzene rings is 1. The number of nitrogens with one attached hydrogen (secondary N) is 1. The second kappa shape index (κ2) is 5.14. The van der Waals surface area contributed by atoms with E-state index < -0.39 is 0 Å². The first kappa shape index (κ1) is 11.9. The minimum absolute atomic E-state index is 0.443. The molecule has 0 aliphatic rings. The second-order valence-corrected chi connectivity index (χ2v) is 4.56. The van der Waals surface area contributed by atoms with Gasteiger partial charge in [-0.1, -0.05) is 22.7 Å². The third-order valence-corrected chi connectivity index (χ3v) is 3.33. The summed E-state index contributed by atoms with van der Waals surface area (Å²) in [6.07, 6.45) is 0. The van der Waals surface area contributed by atoms with Crippen LogP contribution in [-0.4, -0.2) is 16.6 Å². The smallest absolute Gasteiger partial charge is 0.136 e. The van der Waals surface area contributed by atoms with Crippen molar-refractivity contribution in [2.45, 2.75) is 20.5 Å². The van der Waals surface area contributed by atoms with E-state index in [4.69, 9.17) is 4.74 Å². The van der Waals surface area contributed by atoms with E-state index in [0.29, 0.717) is 6.61 Å². The Kier molecular flexibility index (Phi) is 3.58. The zero-order chi connectivity index (χ0) is 12.3. The molecule has 0 saturated heterocycles. The average Bonchev–Trinajstić information content (AvgIpc) is 2.76. The zero-order valence-corrected chi connectivity index (χ0v) is 11.0. The number of para-hydroxylation sites is 1. The quantitative estimate of drug-likeness (QED) is 0.905. The van der Waals surface area contributed by atoms with E-state index in [2.05, 4.69) is 14.9 Å². The van der Waals surface area contributed by atoms with Gasteiger partial charge in [0, 0.05) is 18.6 Å². The van der Waals surface area contributed by atoms with Gasteiger partial charge in [0.2, 0.25) is 0 Å². The summed E-state index contributed by atoms with van der Waals surface area (Å²) in [5, 5.41) is 8.05. The summed E-state index contributed by atoms with van der Waals surface area (Å²) < 4.78 is 9.72. The van der Waals surface area contributed by atoms with E-state index in [9.17, 15) is 0 Å². The number of hydrogen-bond acceptors (Lipinski definition) is 5. The van der Waals surface area contributed by atoms with Crippen LogP contribution in [0.4, 0.5) is 5.00 Å². The molecule has 90 valence electrons. The first-order valence-corrected chi connectivity index (χ1v) is 6.17. The summed E-state index contributed by atoms with van der Waals surface area (Å²) in [6, 6.07) is 6.11. The molecule has 4 nitrogen and oxygen atoms in total. The van der Waals surface area contributed by atoms with Crippen molar-refractivity contribution in [1.82, 2.24) is 9.59 Å². The molecule has 0 unspecified atom stereocenters. The van der Waals surface area contributed by atoms with Crippen LogP contribution < -0.4 is 10.1 Å². The van der Waals surface area contributed by atoms with Gasteiger partial charge in [-0.15, -0.1) is 5.10 Å². The zero-order valence-electron chi connectivity index (χ0n) is 10.2. The molecule has 0 spiro atoms. The predicted molar refractivity (Wildman–Crippen MR) is 69.7 cm³/mol. The van der Waals surface area contributed by atoms with E-state index in [1.54, 1.807) is 0 Å². The maximum absolute atomic E-state index is 5.82. The molecule has 2 aromatic rings. The fourth-order valence-corrected chi connectivity index (χ4v) is 2.18. The highest BCUT2D eigenvalue weighted by molar-refractivity contribution is 7.10. The minimum Gasteiger partial charge on any atom is -0.487 e. The molecular formula is C12H15N3OS.